The van der Waals surface area contributed by atoms with Crippen molar-refractivity contribution >= 4 is 21.6 Å². The lowest BCUT2D eigenvalue weighted by atomic mass is 9.85. The minimum atomic E-state index is 0.0144. The van der Waals surface area contributed by atoms with Crippen LogP contribution in [0.15, 0.2) is 15.5 Å². The molecule has 1 aromatic heterocycles. The maximum absolute atomic E-state index is 12.4. The van der Waals surface area contributed by atoms with Crippen molar-refractivity contribution in [2.24, 2.45) is 11.8 Å². The Morgan fingerprint density at radius 2 is 1.95 bits per heavy atom. The molecule has 2 aliphatic rings. The topological polar surface area (TPSA) is 46.9 Å². The van der Waals surface area contributed by atoms with Gasteiger partial charge in [0.05, 0.1) is 10.7 Å². The van der Waals surface area contributed by atoms with Gasteiger partial charge in [-0.05, 0) is 53.4 Å². The van der Waals surface area contributed by atoms with E-state index in [0.717, 1.165) is 23.5 Å². The Balaban J connectivity index is 1.72. The first kappa shape index (κ1) is 13.2. The number of nitrogens with one attached hydrogen (secondary N) is 1. The number of hydrogen-bond acceptors (Lipinski definition) is 3. The van der Waals surface area contributed by atoms with Gasteiger partial charge in [0.2, 0.25) is 0 Å². The molecule has 0 aliphatic heterocycles. The Labute approximate surface area is 121 Å². The Morgan fingerprint density at radius 1 is 1.26 bits per heavy atom. The van der Waals surface area contributed by atoms with Crippen LogP contribution in [0.3, 0.4) is 0 Å². The van der Waals surface area contributed by atoms with Crippen molar-refractivity contribution in [3.8, 4) is 0 Å². The first-order valence-electron chi connectivity index (χ1n) is 7.23. The van der Waals surface area contributed by atoms with Crippen molar-refractivity contribution in [1.29, 1.82) is 0 Å². The van der Waals surface area contributed by atoms with Crippen LogP contribution in [0, 0.1) is 11.8 Å². The molecule has 3 rings (SSSR count). The summed E-state index contributed by atoms with van der Waals surface area (Å²) in [5.74, 6) is 1.38. The number of anilines is 1. The molecule has 0 unspecified atom stereocenters. The third-order valence-corrected chi connectivity index (χ3v) is 5.05. The Morgan fingerprint density at radius 3 is 2.53 bits per heavy atom. The summed E-state index contributed by atoms with van der Waals surface area (Å²) in [6.45, 7) is 1.67. The van der Waals surface area contributed by atoms with Crippen LogP contribution in [0.5, 0.6) is 0 Å². The highest BCUT2D eigenvalue weighted by Crippen LogP contribution is 2.28. The highest BCUT2D eigenvalue weighted by Gasteiger charge is 2.21. The summed E-state index contributed by atoms with van der Waals surface area (Å²) in [5.41, 5.74) is 0.696. The highest BCUT2D eigenvalue weighted by molar-refractivity contribution is 9.10. The van der Waals surface area contributed by atoms with E-state index in [4.69, 9.17) is 0 Å². The largest absolute Gasteiger partial charge is 0.379 e. The molecule has 104 valence electrons. The molecule has 0 saturated heterocycles. The summed E-state index contributed by atoms with van der Waals surface area (Å²) in [7, 11) is 0. The van der Waals surface area contributed by atoms with E-state index in [0.29, 0.717) is 11.6 Å². The highest BCUT2D eigenvalue weighted by atomic mass is 79.9. The second-order valence-electron chi connectivity index (χ2n) is 5.83. The number of rotatable bonds is 5. The number of aromatic nitrogens is 2. The zero-order chi connectivity index (χ0) is 13.2. The maximum atomic E-state index is 12.4. The minimum absolute atomic E-state index is 0.0144. The Hall–Kier alpha value is -0.840. The summed E-state index contributed by atoms with van der Waals surface area (Å²) in [5, 5.41) is 7.55. The minimum Gasteiger partial charge on any atom is -0.379 e. The molecule has 2 aliphatic carbocycles. The molecule has 5 heteroatoms. The van der Waals surface area contributed by atoms with Gasteiger partial charge in [0.15, 0.2) is 0 Å². The van der Waals surface area contributed by atoms with Crippen molar-refractivity contribution in [1.82, 2.24) is 9.78 Å². The van der Waals surface area contributed by atoms with E-state index in [1.165, 1.54) is 38.5 Å². The van der Waals surface area contributed by atoms with Gasteiger partial charge in [-0.1, -0.05) is 12.8 Å². The molecule has 1 N–H and O–H groups in total. The Kier molecular flexibility index (Phi) is 3.91. The van der Waals surface area contributed by atoms with Crippen molar-refractivity contribution in [3.05, 3.63) is 21.0 Å². The maximum Gasteiger partial charge on any atom is 0.291 e. The lowest BCUT2D eigenvalue weighted by Crippen LogP contribution is -2.32. The van der Waals surface area contributed by atoms with E-state index >= 15 is 0 Å². The van der Waals surface area contributed by atoms with Crippen LogP contribution in [0.25, 0.3) is 0 Å². The first-order chi connectivity index (χ1) is 9.24. The summed E-state index contributed by atoms with van der Waals surface area (Å²) in [6, 6.07) is 0. The summed E-state index contributed by atoms with van der Waals surface area (Å²) in [6.07, 6.45) is 9.39. The number of halogens is 1. The molecule has 0 amide bonds. The molecular weight excluding hydrogens is 306 g/mol. The molecule has 0 radical (unpaired) electrons. The monoisotopic (exact) mass is 325 g/mol. The molecule has 19 heavy (non-hydrogen) atoms. The normalized spacial score (nSPS) is 19.8. The fraction of sp³-hybridized carbons (Fsp3) is 0.714. The lowest BCUT2D eigenvalue weighted by molar-refractivity contribution is 0.261. The van der Waals surface area contributed by atoms with E-state index in [-0.39, 0.29) is 5.56 Å². The Bertz CT molecular complexity index is 506. The van der Waals surface area contributed by atoms with Crippen molar-refractivity contribution in [3.63, 3.8) is 0 Å². The van der Waals surface area contributed by atoms with Crippen LogP contribution in [-0.4, -0.2) is 16.3 Å². The van der Waals surface area contributed by atoms with Crippen LogP contribution in [-0.2, 0) is 6.54 Å². The van der Waals surface area contributed by atoms with Gasteiger partial charge in [0.1, 0.15) is 5.69 Å². The summed E-state index contributed by atoms with van der Waals surface area (Å²) in [4.78, 5) is 12.4. The van der Waals surface area contributed by atoms with Crippen LogP contribution in [0.4, 0.5) is 5.69 Å². The first-order valence-corrected chi connectivity index (χ1v) is 8.03. The van der Waals surface area contributed by atoms with Gasteiger partial charge in [0.25, 0.3) is 5.56 Å². The van der Waals surface area contributed by atoms with Gasteiger partial charge >= 0.3 is 0 Å². The molecule has 1 heterocycles. The molecule has 1 aromatic rings. The second kappa shape index (κ2) is 5.65. The zero-order valence-electron chi connectivity index (χ0n) is 11.1. The second-order valence-corrected chi connectivity index (χ2v) is 6.68. The molecule has 0 spiro atoms. The number of nitrogens with zero attached hydrogens (tertiary/aromatic N) is 2. The van der Waals surface area contributed by atoms with Gasteiger partial charge < -0.3 is 5.32 Å². The van der Waals surface area contributed by atoms with Gasteiger partial charge in [-0.25, -0.2) is 4.68 Å². The lowest BCUT2D eigenvalue weighted by Gasteiger charge is -2.27. The average Bonchev–Trinajstić information content (AvgIpc) is 2.28. The van der Waals surface area contributed by atoms with Gasteiger partial charge in [-0.3, -0.25) is 4.79 Å². The van der Waals surface area contributed by atoms with Crippen LogP contribution in [0.1, 0.15) is 38.5 Å². The van der Waals surface area contributed by atoms with Gasteiger partial charge in [-0.2, -0.15) is 5.10 Å². The van der Waals surface area contributed by atoms with Crippen molar-refractivity contribution in [2.75, 3.05) is 11.9 Å². The summed E-state index contributed by atoms with van der Waals surface area (Å²) < 4.78 is 2.40. The predicted molar refractivity (Wildman–Crippen MR) is 79.4 cm³/mol. The fourth-order valence-corrected chi connectivity index (χ4v) is 3.02. The molecular formula is C14H20BrN3O. The van der Waals surface area contributed by atoms with E-state index in [2.05, 4.69) is 26.3 Å². The molecule has 0 bridgehead atoms. The fourth-order valence-electron chi connectivity index (χ4n) is 2.62. The van der Waals surface area contributed by atoms with E-state index < -0.39 is 0 Å². The zero-order valence-corrected chi connectivity index (χ0v) is 12.7. The van der Waals surface area contributed by atoms with Gasteiger partial charge in [0, 0.05) is 13.1 Å². The van der Waals surface area contributed by atoms with Crippen molar-refractivity contribution < 1.29 is 0 Å². The SMILES string of the molecule is O=c1c(NCC2CCC2)c(Br)cnn1CC1CCC1. The van der Waals surface area contributed by atoms with E-state index in [9.17, 15) is 4.79 Å². The van der Waals surface area contributed by atoms with Crippen LogP contribution >= 0.6 is 15.9 Å². The predicted octanol–water partition coefficient (Wildman–Crippen LogP) is 3.02. The van der Waals surface area contributed by atoms with E-state index in [1.54, 1.807) is 10.9 Å². The quantitative estimate of drug-likeness (QED) is 0.905. The number of hydrogen-bond donors (Lipinski definition) is 1. The smallest absolute Gasteiger partial charge is 0.291 e. The molecule has 4 nitrogen and oxygen atoms in total. The molecule has 2 fully saturated rings. The van der Waals surface area contributed by atoms with Crippen LogP contribution in [0.2, 0.25) is 0 Å². The standard InChI is InChI=1S/C14H20BrN3O/c15-12-8-17-18(9-11-5-2-6-11)14(19)13(12)16-7-10-3-1-4-10/h8,10-11,16H,1-7,9H2. The third-order valence-electron chi connectivity index (χ3n) is 4.45. The van der Waals surface area contributed by atoms with E-state index in [1.807, 2.05) is 0 Å². The molecule has 2 saturated carbocycles. The average molecular weight is 326 g/mol. The van der Waals surface area contributed by atoms with Gasteiger partial charge in [-0.15, -0.1) is 0 Å². The van der Waals surface area contributed by atoms with Crippen LogP contribution < -0.4 is 10.9 Å². The molecule has 0 aromatic carbocycles. The van der Waals surface area contributed by atoms with Crippen molar-refractivity contribution in [2.45, 2.75) is 45.1 Å². The third kappa shape index (κ3) is 2.86. The summed E-state index contributed by atoms with van der Waals surface area (Å²) >= 11 is 3.43. The molecule has 0 atom stereocenters.